The number of imidazole rings is 1. The number of aromatic nitrogens is 2. The van der Waals surface area contributed by atoms with Crippen molar-refractivity contribution in [1.29, 1.82) is 0 Å². The van der Waals surface area contributed by atoms with Crippen molar-refractivity contribution in [2.75, 3.05) is 19.0 Å². The van der Waals surface area contributed by atoms with Crippen molar-refractivity contribution in [3.63, 3.8) is 0 Å². The molecule has 2 aromatic rings. The fourth-order valence-electron chi connectivity index (χ4n) is 2.89. The van der Waals surface area contributed by atoms with E-state index < -0.39 is 0 Å². The molecule has 1 N–H and O–H groups in total. The maximum Gasteiger partial charge on any atom is 0.230 e. The van der Waals surface area contributed by atoms with Crippen molar-refractivity contribution in [3.8, 4) is 0 Å². The molecule has 0 unspecified atom stereocenters. The second kappa shape index (κ2) is 5.89. The molecule has 0 saturated heterocycles. The normalized spacial score (nSPS) is 15.3. The number of hydrogen-bond acceptors (Lipinski definition) is 3. The predicted octanol–water partition coefficient (Wildman–Crippen LogP) is 2.49. The van der Waals surface area contributed by atoms with Crippen LogP contribution in [0.4, 0.5) is 5.95 Å². The van der Waals surface area contributed by atoms with Crippen LogP contribution in [0.5, 0.6) is 0 Å². The van der Waals surface area contributed by atoms with Gasteiger partial charge in [-0.1, -0.05) is 23.7 Å². The second-order valence-electron chi connectivity index (χ2n) is 6.27. The molecule has 0 spiro atoms. The molecule has 1 heterocycles. The topological polar surface area (TPSA) is 50.2 Å². The molecule has 23 heavy (non-hydrogen) atoms. The Morgan fingerprint density at radius 3 is 2.52 bits per heavy atom. The van der Waals surface area contributed by atoms with Gasteiger partial charge >= 0.3 is 0 Å². The van der Waals surface area contributed by atoms with Crippen LogP contribution in [0, 0.1) is 0 Å². The van der Waals surface area contributed by atoms with Crippen LogP contribution in [0.15, 0.2) is 30.5 Å². The fraction of sp³-hybridized carbons (Fsp3) is 0.412. The largest absolute Gasteiger partial charge is 0.350 e. The number of nitrogens with one attached hydrogen (secondary N) is 1. The minimum absolute atomic E-state index is 0.0763. The SMILES string of the molecule is CN(C)c1ncc(CNC(=O)C2(c3ccc(Cl)cc3)CC2)n1C. The molecule has 1 saturated carbocycles. The lowest BCUT2D eigenvalue weighted by atomic mass is 9.95. The van der Waals surface area contributed by atoms with E-state index in [2.05, 4.69) is 10.3 Å². The summed E-state index contributed by atoms with van der Waals surface area (Å²) in [4.78, 5) is 19.0. The van der Waals surface area contributed by atoms with E-state index >= 15 is 0 Å². The highest BCUT2D eigenvalue weighted by atomic mass is 35.5. The number of nitrogens with zero attached hydrogens (tertiary/aromatic N) is 3. The van der Waals surface area contributed by atoms with Gasteiger partial charge in [0.1, 0.15) is 0 Å². The van der Waals surface area contributed by atoms with Crippen molar-refractivity contribution in [2.24, 2.45) is 7.05 Å². The molecule has 122 valence electrons. The Kier molecular flexibility index (Phi) is 4.06. The van der Waals surface area contributed by atoms with Gasteiger partial charge in [-0.2, -0.15) is 0 Å². The zero-order valence-corrected chi connectivity index (χ0v) is 14.4. The van der Waals surface area contributed by atoms with Crippen molar-refractivity contribution in [1.82, 2.24) is 14.9 Å². The maximum absolute atomic E-state index is 12.7. The molecule has 0 radical (unpaired) electrons. The average Bonchev–Trinajstić information content (AvgIpc) is 3.24. The lowest BCUT2D eigenvalue weighted by Gasteiger charge is -2.17. The van der Waals surface area contributed by atoms with E-state index in [1.165, 1.54) is 0 Å². The third-order valence-electron chi connectivity index (χ3n) is 4.47. The summed E-state index contributed by atoms with van der Waals surface area (Å²) >= 11 is 5.93. The van der Waals surface area contributed by atoms with Crippen LogP contribution in [0.2, 0.25) is 5.02 Å². The number of hydrogen-bond donors (Lipinski definition) is 1. The van der Waals surface area contributed by atoms with Crippen LogP contribution in [0.3, 0.4) is 0 Å². The summed E-state index contributed by atoms with van der Waals surface area (Å²) in [5.41, 5.74) is 1.64. The number of carbonyl (C=O) groups is 1. The Balaban J connectivity index is 1.69. The summed E-state index contributed by atoms with van der Waals surface area (Å²) < 4.78 is 1.99. The van der Waals surface area contributed by atoms with E-state index in [4.69, 9.17) is 11.6 Å². The molecule has 0 atom stereocenters. The van der Waals surface area contributed by atoms with Gasteiger partial charge in [0.15, 0.2) is 0 Å². The zero-order valence-electron chi connectivity index (χ0n) is 13.6. The number of rotatable bonds is 5. The van der Waals surface area contributed by atoms with Crippen molar-refractivity contribution >= 4 is 23.5 Å². The Hall–Kier alpha value is -2.01. The monoisotopic (exact) mass is 332 g/mol. The Morgan fingerprint density at radius 1 is 1.35 bits per heavy atom. The highest BCUT2D eigenvalue weighted by molar-refractivity contribution is 6.30. The van der Waals surface area contributed by atoms with Crippen molar-refractivity contribution in [3.05, 3.63) is 46.7 Å². The van der Waals surface area contributed by atoms with E-state index in [0.717, 1.165) is 30.0 Å². The van der Waals surface area contributed by atoms with Crippen molar-refractivity contribution < 1.29 is 4.79 Å². The number of carbonyl (C=O) groups excluding carboxylic acids is 1. The van der Waals surface area contributed by atoms with Gasteiger partial charge in [0.25, 0.3) is 0 Å². The number of amides is 1. The van der Waals surface area contributed by atoms with Crippen LogP contribution in [0.25, 0.3) is 0 Å². The van der Waals surface area contributed by atoms with Gasteiger partial charge in [-0.05, 0) is 30.5 Å². The van der Waals surface area contributed by atoms with Crippen LogP contribution in [-0.2, 0) is 23.8 Å². The minimum Gasteiger partial charge on any atom is -0.350 e. The number of halogens is 1. The molecule has 3 rings (SSSR count). The summed E-state index contributed by atoms with van der Waals surface area (Å²) in [6.07, 6.45) is 3.57. The summed E-state index contributed by atoms with van der Waals surface area (Å²) in [6.45, 7) is 0.478. The van der Waals surface area contributed by atoms with Gasteiger partial charge < -0.3 is 14.8 Å². The maximum atomic E-state index is 12.7. The van der Waals surface area contributed by atoms with Gasteiger partial charge in [0.05, 0.1) is 23.9 Å². The molecule has 1 amide bonds. The van der Waals surface area contributed by atoms with E-state index in [1.54, 1.807) is 6.20 Å². The Labute approximate surface area is 141 Å². The zero-order chi connectivity index (χ0) is 16.6. The molecule has 0 bridgehead atoms. The second-order valence-corrected chi connectivity index (χ2v) is 6.71. The first-order valence-electron chi connectivity index (χ1n) is 7.66. The van der Waals surface area contributed by atoms with E-state index in [9.17, 15) is 4.79 Å². The molecule has 1 aromatic carbocycles. The quantitative estimate of drug-likeness (QED) is 0.915. The molecule has 5 nitrogen and oxygen atoms in total. The highest BCUT2D eigenvalue weighted by Gasteiger charge is 2.51. The summed E-state index contributed by atoms with van der Waals surface area (Å²) in [6, 6.07) is 7.58. The van der Waals surface area contributed by atoms with Gasteiger partial charge in [0.2, 0.25) is 11.9 Å². The number of benzene rings is 1. The summed E-state index contributed by atoms with van der Waals surface area (Å²) in [5.74, 6) is 0.945. The Bertz CT molecular complexity index is 717. The minimum atomic E-state index is -0.381. The van der Waals surface area contributed by atoms with E-state index in [0.29, 0.717) is 11.6 Å². The van der Waals surface area contributed by atoms with E-state index in [1.807, 2.05) is 54.9 Å². The Morgan fingerprint density at radius 2 is 2.00 bits per heavy atom. The molecular weight excluding hydrogens is 312 g/mol. The third-order valence-corrected chi connectivity index (χ3v) is 4.72. The average molecular weight is 333 g/mol. The first kappa shape index (κ1) is 15.9. The van der Waals surface area contributed by atoms with E-state index in [-0.39, 0.29) is 11.3 Å². The molecular formula is C17H21ClN4O. The van der Waals surface area contributed by atoms with Gasteiger partial charge in [-0.25, -0.2) is 4.98 Å². The molecule has 1 aliphatic carbocycles. The summed E-state index contributed by atoms with van der Waals surface area (Å²) in [7, 11) is 5.85. The fourth-order valence-corrected chi connectivity index (χ4v) is 3.02. The molecule has 1 fully saturated rings. The molecule has 1 aliphatic rings. The highest BCUT2D eigenvalue weighted by Crippen LogP contribution is 2.48. The lowest BCUT2D eigenvalue weighted by molar-refractivity contribution is -0.123. The lowest BCUT2D eigenvalue weighted by Crippen LogP contribution is -2.34. The first-order chi connectivity index (χ1) is 10.9. The van der Waals surface area contributed by atoms with Crippen LogP contribution >= 0.6 is 11.6 Å². The van der Waals surface area contributed by atoms with Crippen LogP contribution in [0.1, 0.15) is 24.1 Å². The standard InChI is InChI=1S/C17H21ClN4O/c1-21(2)16-20-11-14(22(16)3)10-19-15(23)17(8-9-17)12-4-6-13(18)7-5-12/h4-7,11H,8-10H2,1-3H3,(H,19,23). The summed E-state index contributed by atoms with van der Waals surface area (Å²) in [5, 5.41) is 3.75. The molecule has 0 aliphatic heterocycles. The number of anilines is 1. The molecule has 1 aromatic heterocycles. The first-order valence-corrected chi connectivity index (χ1v) is 8.04. The third kappa shape index (κ3) is 2.93. The van der Waals surface area contributed by atoms with Crippen LogP contribution in [-0.4, -0.2) is 29.6 Å². The van der Waals surface area contributed by atoms with Gasteiger partial charge in [-0.15, -0.1) is 0 Å². The van der Waals surface area contributed by atoms with Gasteiger partial charge in [0, 0.05) is 26.2 Å². The smallest absolute Gasteiger partial charge is 0.230 e. The molecule has 6 heteroatoms. The van der Waals surface area contributed by atoms with Gasteiger partial charge in [-0.3, -0.25) is 4.79 Å². The van der Waals surface area contributed by atoms with Crippen molar-refractivity contribution in [2.45, 2.75) is 24.8 Å². The predicted molar refractivity (Wildman–Crippen MR) is 91.7 cm³/mol. The van der Waals surface area contributed by atoms with Crippen LogP contribution < -0.4 is 10.2 Å².